The second kappa shape index (κ2) is 12.3. The summed E-state index contributed by atoms with van der Waals surface area (Å²) in [6.07, 6.45) is 11.3. The van der Waals surface area contributed by atoms with Crippen molar-refractivity contribution in [3.05, 3.63) is 11.6 Å². The number of ether oxygens (including phenoxy) is 1. The van der Waals surface area contributed by atoms with Crippen LogP contribution in [0.15, 0.2) is 4.99 Å². The van der Waals surface area contributed by atoms with Crippen LogP contribution in [0.25, 0.3) is 0 Å². The van der Waals surface area contributed by atoms with Crippen LogP contribution in [-0.4, -0.2) is 70.6 Å². The predicted octanol–water partition coefficient (Wildman–Crippen LogP) is 2.71. The summed E-state index contributed by atoms with van der Waals surface area (Å²) in [6.45, 7) is 9.32. The van der Waals surface area contributed by atoms with E-state index in [4.69, 9.17) is 9.73 Å². The minimum Gasteiger partial charge on any atom is -0.379 e. The van der Waals surface area contributed by atoms with E-state index in [1.165, 1.54) is 51.4 Å². The lowest BCUT2D eigenvalue weighted by molar-refractivity contribution is -0.0352. The largest absolute Gasteiger partial charge is 0.379 e. The first-order valence-electron chi connectivity index (χ1n) is 12.1. The van der Waals surface area contributed by atoms with Crippen molar-refractivity contribution in [2.24, 2.45) is 4.99 Å². The van der Waals surface area contributed by atoms with E-state index >= 15 is 0 Å². The number of nitrogens with zero attached hydrogens (tertiary/aromatic N) is 5. The minimum atomic E-state index is 0. The summed E-state index contributed by atoms with van der Waals surface area (Å²) < 4.78 is 7.91. The molecule has 2 N–H and O–H groups in total. The molecule has 0 amide bonds. The van der Waals surface area contributed by atoms with Crippen LogP contribution in [0.4, 0.5) is 0 Å². The summed E-state index contributed by atoms with van der Waals surface area (Å²) >= 11 is 0. The molecule has 9 heteroatoms. The Morgan fingerprint density at radius 3 is 2.55 bits per heavy atom. The molecule has 2 fully saturated rings. The Labute approximate surface area is 204 Å². The molecule has 0 aromatic carbocycles. The van der Waals surface area contributed by atoms with Crippen LogP contribution in [0.5, 0.6) is 0 Å². The summed E-state index contributed by atoms with van der Waals surface area (Å²) in [5.74, 6) is 3.01. The van der Waals surface area contributed by atoms with Crippen molar-refractivity contribution in [1.29, 1.82) is 0 Å². The maximum absolute atomic E-state index is 5.62. The zero-order valence-corrected chi connectivity index (χ0v) is 21.4. The second-order valence-corrected chi connectivity index (χ2v) is 8.93. The monoisotopic (exact) mass is 545 g/mol. The topological polar surface area (TPSA) is 79.6 Å². The fraction of sp³-hybridized carbons (Fsp3) is 0.864. The zero-order chi connectivity index (χ0) is 20.7. The van der Waals surface area contributed by atoms with Gasteiger partial charge in [-0.2, -0.15) is 0 Å². The Bertz CT molecular complexity index is 696. The van der Waals surface area contributed by atoms with Crippen molar-refractivity contribution in [2.45, 2.75) is 83.3 Å². The molecular weight excluding hydrogens is 505 g/mol. The standard InChI is InChI=1S/C22H39N7O.HI/c1-2-23-21(24-17-20-27-26-19-9-5-3-8-12-29(19)20)25-18-22(10-6-4-7-11-22)28-13-15-30-16-14-28;/h2-18H2,1H3,(H2,23,24,25);1H. The van der Waals surface area contributed by atoms with Gasteiger partial charge < -0.3 is 19.9 Å². The van der Waals surface area contributed by atoms with Gasteiger partial charge in [0.05, 0.1) is 13.2 Å². The third-order valence-electron chi connectivity index (χ3n) is 6.96. The lowest BCUT2D eigenvalue weighted by Crippen LogP contribution is -2.60. The highest BCUT2D eigenvalue weighted by atomic mass is 127. The van der Waals surface area contributed by atoms with Gasteiger partial charge >= 0.3 is 0 Å². The van der Waals surface area contributed by atoms with Crippen LogP contribution in [0.2, 0.25) is 0 Å². The van der Waals surface area contributed by atoms with Gasteiger partial charge in [0.2, 0.25) is 0 Å². The van der Waals surface area contributed by atoms with E-state index in [0.29, 0.717) is 6.54 Å². The first-order chi connectivity index (χ1) is 14.8. The van der Waals surface area contributed by atoms with Gasteiger partial charge in [-0.05, 0) is 32.6 Å². The summed E-state index contributed by atoms with van der Waals surface area (Å²) in [5.41, 5.74) is 0.226. The highest BCUT2D eigenvalue weighted by Crippen LogP contribution is 2.33. The molecule has 1 aliphatic carbocycles. The molecule has 1 aromatic heterocycles. The van der Waals surface area contributed by atoms with Gasteiger partial charge in [-0.15, -0.1) is 34.2 Å². The number of guanidine groups is 1. The van der Waals surface area contributed by atoms with E-state index in [1.54, 1.807) is 0 Å². The lowest BCUT2D eigenvalue weighted by Gasteiger charge is -2.48. The second-order valence-electron chi connectivity index (χ2n) is 8.93. The number of aryl methyl sites for hydroxylation is 1. The number of aromatic nitrogens is 3. The molecule has 0 atom stereocenters. The molecule has 1 saturated carbocycles. The Balaban J connectivity index is 0.00000272. The summed E-state index contributed by atoms with van der Waals surface area (Å²) in [7, 11) is 0. The molecule has 0 radical (unpaired) electrons. The minimum absolute atomic E-state index is 0. The molecule has 3 aliphatic rings. The molecule has 31 heavy (non-hydrogen) atoms. The quantitative estimate of drug-likeness (QED) is 0.325. The molecule has 176 valence electrons. The van der Waals surface area contributed by atoms with E-state index in [-0.39, 0.29) is 29.5 Å². The molecule has 4 rings (SSSR count). The van der Waals surface area contributed by atoms with E-state index in [9.17, 15) is 0 Å². The molecule has 0 unspecified atom stereocenters. The van der Waals surface area contributed by atoms with E-state index in [0.717, 1.165) is 70.0 Å². The number of rotatable bonds is 6. The van der Waals surface area contributed by atoms with Crippen molar-refractivity contribution in [3.8, 4) is 0 Å². The average Bonchev–Trinajstić information content (AvgIpc) is 3.02. The van der Waals surface area contributed by atoms with Crippen LogP contribution in [0.1, 0.15) is 69.9 Å². The van der Waals surface area contributed by atoms with Crippen LogP contribution >= 0.6 is 24.0 Å². The molecule has 8 nitrogen and oxygen atoms in total. The fourth-order valence-corrected chi connectivity index (χ4v) is 5.25. The van der Waals surface area contributed by atoms with Gasteiger partial charge in [0.1, 0.15) is 12.4 Å². The SMILES string of the molecule is CCNC(=NCc1nnc2n1CCCCC2)NCC1(N2CCOCC2)CCCCC1.I. The number of halogens is 1. The smallest absolute Gasteiger partial charge is 0.191 e. The third kappa shape index (κ3) is 6.31. The Morgan fingerprint density at radius 1 is 1.00 bits per heavy atom. The number of fused-ring (bicyclic) bond motifs is 1. The first-order valence-corrected chi connectivity index (χ1v) is 12.1. The summed E-state index contributed by atoms with van der Waals surface area (Å²) in [4.78, 5) is 7.55. The van der Waals surface area contributed by atoms with Crippen LogP contribution < -0.4 is 10.6 Å². The lowest BCUT2D eigenvalue weighted by atomic mass is 9.80. The number of hydrogen-bond acceptors (Lipinski definition) is 5. The van der Waals surface area contributed by atoms with Gasteiger partial charge in [0, 0.05) is 44.7 Å². The van der Waals surface area contributed by atoms with Crippen LogP contribution in [0.3, 0.4) is 0 Å². The highest BCUT2D eigenvalue weighted by Gasteiger charge is 2.38. The Hall–Kier alpha value is -0.940. The predicted molar refractivity (Wildman–Crippen MR) is 134 cm³/mol. The molecular formula is C22H40IN7O. The maximum atomic E-state index is 5.62. The van der Waals surface area contributed by atoms with E-state index in [2.05, 4.69) is 37.2 Å². The third-order valence-corrected chi connectivity index (χ3v) is 6.96. The molecule has 0 bridgehead atoms. The number of morpholine rings is 1. The maximum Gasteiger partial charge on any atom is 0.191 e. The summed E-state index contributed by atoms with van der Waals surface area (Å²) in [5, 5.41) is 16.0. The van der Waals surface area contributed by atoms with Gasteiger partial charge in [0.25, 0.3) is 0 Å². The van der Waals surface area contributed by atoms with E-state index in [1.807, 2.05) is 0 Å². The van der Waals surface area contributed by atoms with Crippen molar-refractivity contribution in [1.82, 2.24) is 30.3 Å². The normalized spacial score (nSPS) is 22.2. The van der Waals surface area contributed by atoms with Crippen LogP contribution in [-0.2, 0) is 24.2 Å². The Morgan fingerprint density at radius 2 is 1.77 bits per heavy atom. The number of hydrogen-bond donors (Lipinski definition) is 2. The van der Waals surface area contributed by atoms with Crippen molar-refractivity contribution >= 4 is 29.9 Å². The summed E-state index contributed by atoms with van der Waals surface area (Å²) in [6, 6.07) is 0. The Kier molecular flexibility index (Phi) is 9.83. The first kappa shape index (κ1) is 24.7. The van der Waals surface area contributed by atoms with Crippen molar-refractivity contribution in [2.75, 3.05) is 39.4 Å². The van der Waals surface area contributed by atoms with Crippen molar-refractivity contribution in [3.63, 3.8) is 0 Å². The zero-order valence-electron chi connectivity index (χ0n) is 19.1. The molecule has 3 heterocycles. The number of nitrogens with one attached hydrogen (secondary N) is 2. The molecule has 2 aliphatic heterocycles. The van der Waals surface area contributed by atoms with Crippen LogP contribution in [0, 0.1) is 0 Å². The molecule has 1 saturated heterocycles. The van der Waals surface area contributed by atoms with Gasteiger partial charge in [-0.25, -0.2) is 4.99 Å². The number of aliphatic imine (C=N–C) groups is 1. The van der Waals surface area contributed by atoms with E-state index < -0.39 is 0 Å². The molecule has 1 aromatic rings. The highest BCUT2D eigenvalue weighted by molar-refractivity contribution is 14.0. The molecule has 0 spiro atoms. The van der Waals surface area contributed by atoms with Gasteiger partial charge in [-0.3, -0.25) is 4.90 Å². The van der Waals surface area contributed by atoms with Gasteiger partial charge in [-0.1, -0.05) is 25.7 Å². The average molecular weight is 546 g/mol. The fourth-order valence-electron chi connectivity index (χ4n) is 5.25. The van der Waals surface area contributed by atoms with Gasteiger partial charge in [0.15, 0.2) is 11.8 Å². The van der Waals surface area contributed by atoms with Crippen molar-refractivity contribution < 1.29 is 4.74 Å².